The molecule has 1 fully saturated rings. The highest BCUT2D eigenvalue weighted by molar-refractivity contribution is 8.13. The third-order valence-electron chi connectivity index (χ3n) is 4.66. The molecule has 23 heavy (non-hydrogen) atoms. The van der Waals surface area contributed by atoms with Gasteiger partial charge in [-0.05, 0) is 50.3 Å². The number of amides is 1. The van der Waals surface area contributed by atoms with Crippen LogP contribution in [0.2, 0.25) is 0 Å². The van der Waals surface area contributed by atoms with E-state index < -0.39 is 11.4 Å². The molecule has 2 heterocycles. The summed E-state index contributed by atoms with van der Waals surface area (Å²) in [6.07, 6.45) is 3.93. The lowest BCUT2D eigenvalue weighted by molar-refractivity contribution is 0.0719. The summed E-state index contributed by atoms with van der Waals surface area (Å²) in [6.45, 7) is 3.41. The highest BCUT2D eigenvalue weighted by Crippen LogP contribution is 2.35. The smallest absolute Gasteiger partial charge is 0.256 e. The van der Waals surface area contributed by atoms with Crippen molar-refractivity contribution >= 4 is 22.8 Å². The van der Waals surface area contributed by atoms with Crippen molar-refractivity contribution in [2.24, 2.45) is 10.7 Å². The summed E-state index contributed by atoms with van der Waals surface area (Å²) >= 11 is 1.53. The normalized spacial score (nSPS) is 25.1. The van der Waals surface area contributed by atoms with Crippen molar-refractivity contribution in [3.8, 4) is 0 Å². The maximum Gasteiger partial charge on any atom is 0.256 e. The third-order valence-corrected chi connectivity index (χ3v) is 5.45. The zero-order valence-electron chi connectivity index (χ0n) is 13.3. The molecule has 2 aliphatic heterocycles. The number of carbonyl (C=O) groups is 1. The minimum Gasteiger partial charge on any atom is -0.379 e. The maximum absolute atomic E-state index is 14.2. The molecule has 0 aromatic heterocycles. The van der Waals surface area contributed by atoms with Crippen LogP contribution in [0.1, 0.15) is 48.5 Å². The fourth-order valence-electron chi connectivity index (χ4n) is 3.19. The first-order valence-electron chi connectivity index (χ1n) is 8.07. The molecule has 0 bridgehead atoms. The van der Waals surface area contributed by atoms with Crippen LogP contribution in [0.4, 0.5) is 4.39 Å². The summed E-state index contributed by atoms with van der Waals surface area (Å²) in [5.74, 6) is 0.198. The lowest BCUT2D eigenvalue weighted by atomic mass is 9.88. The Morgan fingerprint density at radius 1 is 1.35 bits per heavy atom. The molecule has 6 heteroatoms. The number of nitrogens with zero attached hydrogens (tertiary/aromatic N) is 2. The molecule has 1 aromatic carbocycles. The number of benzene rings is 1. The zero-order valence-corrected chi connectivity index (χ0v) is 14.2. The van der Waals surface area contributed by atoms with Gasteiger partial charge in [-0.3, -0.25) is 9.79 Å². The van der Waals surface area contributed by atoms with E-state index in [0.717, 1.165) is 37.0 Å². The molecular formula is C17H22FN3OS. The van der Waals surface area contributed by atoms with E-state index in [-0.39, 0.29) is 11.5 Å². The van der Waals surface area contributed by atoms with E-state index in [9.17, 15) is 9.18 Å². The first-order valence-corrected chi connectivity index (χ1v) is 9.06. The summed E-state index contributed by atoms with van der Waals surface area (Å²) in [4.78, 5) is 18.9. The molecule has 1 atom stereocenters. The number of aliphatic imine (C=N–C) groups is 1. The minimum absolute atomic E-state index is 0.151. The monoisotopic (exact) mass is 335 g/mol. The summed E-state index contributed by atoms with van der Waals surface area (Å²) < 4.78 is 14.2. The van der Waals surface area contributed by atoms with Crippen LogP contribution in [0, 0.1) is 5.82 Å². The van der Waals surface area contributed by atoms with Gasteiger partial charge < -0.3 is 10.6 Å². The number of hydrogen-bond donors (Lipinski definition) is 1. The molecule has 124 valence electrons. The highest BCUT2D eigenvalue weighted by Gasteiger charge is 2.31. The highest BCUT2D eigenvalue weighted by atomic mass is 32.2. The van der Waals surface area contributed by atoms with Gasteiger partial charge >= 0.3 is 0 Å². The molecule has 1 unspecified atom stereocenters. The van der Waals surface area contributed by atoms with E-state index in [1.54, 1.807) is 17.0 Å². The lowest BCUT2D eigenvalue weighted by Gasteiger charge is -2.31. The Hall–Kier alpha value is -1.56. The molecule has 2 N–H and O–H groups in total. The number of amidine groups is 1. The van der Waals surface area contributed by atoms with Crippen LogP contribution < -0.4 is 5.73 Å². The minimum atomic E-state index is -0.486. The number of likely N-dealkylation sites (tertiary alicyclic amines) is 1. The number of thioether (sulfide) groups is 1. The molecule has 4 nitrogen and oxygen atoms in total. The standard InChI is InChI=1S/C17H22FN3OS/c1-17(7-10-23-16(19)20-17)12-5-6-14(18)13(11-12)15(22)21-8-3-2-4-9-21/h5-6,11H,2-4,7-10H2,1H3,(H2,19,20). The average molecular weight is 335 g/mol. The third kappa shape index (κ3) is 3.37. The van der Waals surface area contributed by atoms with Gasteiger partial charge in [0.2, 0.25) is 0 Å². The van der Waals surface area contributed by atoms with Crippen molar-refractivity contribution in [2.75, 3.05) is 18.8 Å². The Kier molecular flexibility index (Phi) is 4.62. The van der Waals surface area contributed by atoms with Crippen LogP contribution >= 0.6 is 11.8 Å². The Morgan fingerprint density at radius 2 is 2.09 bits per heavy atom. The van der Waals surface area contributed by atoms with Gasteiger partial charge in [0.25, 0.3) is 5.91 Å². The number of rotatable bonds is 2. The van der Waals surface area contributed by atoms with E-state index in [1.165, 1.54) is 17.8 Å². The first-order chi connectivity index (χ1) is 11.0. The second kappa shape index (κ2) is 6.51. The quantitative estimate of drug-likeness (QED) is 0.903. The van der Waals surface area contributed by atoms with Crippen molar-refractivity contribution in [1.82, 2.24) is 4.90 Å². The zero-order chi connectivity index (χ0) is 16.4. The van der Waals surface area contributed by atoms with Gasteiger partial charge in [-0.1, -0.05) is 17.8 Å². The lowest BCUT2D eigenvalue weighted by Crippen LogP contribution is -2.36. The molecule has 3 rings (SSSR count). The molecule has 2 aliphatic rings. The molecule has 1 aromatic rings. The SMILES string of the molecule is CC1(c2ccc(F)c(C(=O)N3CCCCC3)c2)CCSC(N)=N1. The van der Waals surface area contributed by atoms with Crippen LogP contribution in [0.25, 0.3) is 0 Å². The van der Waals surface area contributed by atoms with Gasteiger partial charge in [0.15, 0.2) is 5.17 Å². The predicted octanol–water partition coefficient (Wildman–Crippen LogP) is 3.12. The van der Waals surface area contributed by atoms with Crippen LogP contribution in [0.5, 0.6) is 0 Å². The van der Waals surface area contributed by atoms with E-state index in [2.05, 4.69) is 4.99 Å². The van der Waals surface area contributed by atoms with Crippen molar-refractivity contribution in [3.63, 3.8) is 0 Å². The summed E-state index contributed by atoms with van der Waals surface area (Å²) in [5, 5.41) is 0.548. The number of piperidine rings is 1. The van der Waals surface area contributed by atoms with Gasteiger partial charge in [-0.25, -0.2) is 4.39 Å². The van der Waals surface area contributed by atoms with E-state index in [4.69, 9.17) is 5.73 Å². The van der Waals surface area contributed by atoms with E-state index >= 15 is 0 Å². The van der Waals surface area contributed by atoms with Gasteiger partial charge in [-0.2, -0.15) is 0 Å². The van der Waals surface area contributed by atoms with Crippen molar-refractivity contribution < 1.29 is 9.18 Å². The molecule has 1 amide bonds. The van der Waals surface area contributed by atoms with Crippen molar-refractivity contribution in [3.05, 3.63) is 35.1 Å². The van der Waals surface area contributed by atoms with Gasteiger partial charge in [0.1, 0.15) is 5.82 Å². The van der Waals surface area contributed by atoms with Gasteiger partial charge in [0.05, 0.1) is 11.1 Å². The molecule has 0 aliphatic carbocycles. The Morgan fingerprint density at radius 3 is 2.78 bits per heavy atom. The summed E-state index contributed by atoms with van der Waals surface area (Å²) in [5.41, 5.74) is 6.37. The summed E-state index contributed by atoms with van der Waals surface area (Å²) in [7, 11) is 0. The maximum atomic E-state index is 14.2. The van der Waals surface area contributed by atoms with Crippen LogP contribution in [-0.2, 0) is 5.54 Å². The fraction of sp³-hybridized carbons (Fsp3) is 0.529. The van der Waals surface area contributed by atoms with Gasteiger partial charge in [0, 0.05) is 18.8 Å². The first kappa shape index (κ1) is 16.3. The topological polar surface area (TPSA) is 58.7 Å². The number of nitrogens with two attached hydrogens (primary N) is 1. The Labute approximate surface area is 140 Å². The van der Waals surface area contributed by atoms with Gasteiger partial charge in [-0.15, -0.1) is 0 Å². The molecule has 0 spiro atoms. The summed E-state index contributed by atoms with van der Waals surface area (Å²) in [6, 6.07) is 4.76. The van der Waals surface area contributed by atoms with Crippen LogP contribution in [-0.4, -0.2) is 34.8 Å². The second-order valence-electron chi connectivity index (χ2n) is 6.37. The fourth-order valence-corrected chi connectivity index (χ4v) is 4.16. The van der Waals surface area contributed by atoms with E-state index in [0.29, 0.717) is 18.3 Å². The molecule has 0 radical (unpaired) electrons. The van der Waals surface area contributed by atoms with Crippen molar-refractivity contribution in [1.29, 1.82) is 0 Å². The average Bonchev–Trinajstić information content (AvgIpc) is 2.55. The molecular weight excluding hydrogens is 313 g/mol. The Balaban J connectivity index is 1.93. The predicted molar refractivity (Wildman–Crippen MR) is 92.2 cm³/mol. The Bertz CT molecular complexity index is 643. The number of hydrogen-bond acceptors (Lipinski definition) is 4. The largest absolute Gasteiger partial charge is 0.379 e. The van der Waals surface area contributed by atoms with Crippen LogP contribution in [0.3, 0.4) is 0 Å². The van der Waals surface area contributed by atoms with E-state index in [1.807, 2.05) is 6.92 Å². The van der Waals surface area contributed by atoms with Crippen molar-refractivity contribution in [2.45, 2.75) is 38.1 Å². The number of halogens is 1. The molecule has 1 saturated heterocycles. The second-order valence-corrected chi connectivity index (χ2v) is 7.49. The number of carbonyl (C=O) groups excluding carboxylic acids is 1. The molecule has 0 saturated carbocycles. The van der Waals surface area contributed by atoms with Crippen LogP contribution in [0.15, 0.2) is 23.2 Å².